The minimum Gasteiger partial charge on any atom is -0.462 e. The van der Waals surface area contributed by atoms with Gasteiger partial charge in [0.1, 0.15) is 13.2 Å². The lowest BCUT2D eigenvalue weighted by molar-refractivity contribution is -0.167. The van der Waals surface area contributed by atoms with Gasteiger partial charge in [-0.15, -0.1) is 0 Å². The van der Waals surface area contributed by atoms with Crippen molar-refractivity contribution >= 4 is 17.9 Å². The van der Waals surface area contributed by atoms with E-state index in [1.54, 1.807) is 0 Å². The number of ether oxygens (including phenoxy) is 3. The first-order valence-electron chi connectivity index (χ1n) is 23.4. The van der Waals surface area contributed by atoms with Crippen molar-refractivity contribution in [2.75, 3.05) is 13.2 Å². The van der Waals surface area contributed by atoms with Crippen molar-refractivity contribution < 1.29 is 28.6 Å². The zero-order chi connectivity index (χ0) is 38.9. The summed E-state index contributed by atoms with van der Waals surface area (Å²) in [6, 6.07) is 0. The van der Waals surface area contributed by atoms with Crippen LogP contribution >= 0.6 is 0 Å². The third-order valence-corrected chi connectivity index (χ3v) is 10.5. The van der Waals surface area contributed by atoms with Crippen LogP contribution in [-0.2, 0) is 28.6 Å². The van der Waals surface area contributed by atoms with Crippen LogP contribution in [0.5, 0.6) is 0 Å². The summed E-state index contributed by atoms with van der Waals surface area (Å²) in [6.45, 7) is 8.93. The molecule has 0 unspecified atom stereocenters. The first kappa shape index (κ1) is 51.4. The highest BCUT2D eigenvalue weighted by Crippen LogP contribution is 2.16. The Labute approximate surface area is 329 Å². The number of rotatable bonds is 42. The van der Waals surface area contributed by atoms with Gasteiger partial charge < -0.3 is 14.2 Å². The van der Waals surface area contributed by atoms with E-state index in [1.807, 2.05) is 0 Å². The molecule has 314 valence electrons. The van der Waals surface area contributed by atoms with Gasteiger partial charge >= 0.3 is 17.9 Å². The summed E-state index contributed by atoms with van der Waals surface area (Å²) in [4.78, 5) is 37.5. The summed E-state index contributed by atoms with van der Waals surface area (Å²) >= 11 is 0. The first-order valence-corrected chi connectivity index (χ1v) is 23.4. The summed E-state index contributed by atoms with van der Waals surface area (Å²) in [7, 11) is 0. The van der Waals surface area contributed by atoms with E-state index in [9.17, 15) is 14.4 Å². The van der Waals surface area contributed by atoms with Crippen LogP contribution in [0.2, 0.25) is 0 Å². The third-order valence-electron chi connectivity index (χ3n) is 10.5. The summed E-state index contributed by atoms with van der Waals surface area (Å²) in [5, 5.41) is 0. The smallest absolute Gasteiger partial charge is 0.306 e. The van der Waals surface area contributed by atoms with Crippen molar-refractivity contribution in [3.8, 4) is 0 Å². The maximum Gasteiger partial charge on any atom is 0.306 e. The molecule has 0 saturated carbocycles. The predicted octanol–water partition coefficient (Wildman–Crippen LogP) is 14.7. The zero-order valence-electron chi connectivity index (χ0n) is 36.0. The summed E-state index contributed by atoms with van der Waals surface area (Å²) in [6.07, 6.45) is 41.1. The highest BCUT2D eigenvalue weighted by molar-refractivity contribution is 5.71. The van der Waals surface area contributed by atoms with Gasteiger partial charge in [0.2, 0.25) is 0 Å². The molecule has 0 N–H and O–H groups in total. The topological polar surface area (TPSA) is 78.9 Å². The molecular formula is C47H90O6. The minimum atomic E-state index is -0.757. The van der Waals surface area contributed by atoms with Crippen LogP contribution in [0.15, 0.2) is 0 Å². The van der Waals surface area contributed by atoms with Crippen LogP contribution in [-0.4, -0.2) is 37.2 Å². The minimum absolute atomic E-state index is 0.0644. The van der Waals surface area contributed by atoms with Crippen LogP contribution in [0.25, 0.3) is 0 Å². The Bertz CT molecular complexity index is 796. The lowest BCUT2D eigenvalue weighted by Crippen LogP contribution is -2.30. The van der Waals surface area contributed by atoms with Gasteiger partial charge in [0.15, 0.2) is 6.10 Å². The molecule has 0 radical (unpaired) electrons. The third kappa shape index (κ3) is 41.4. The Kier molecular flexibility index (Phi) is 40.3. The highest BCUT2D eigenvalue weighted by Gasteiger charge is 2.19. The van der Waals surface area contributed by atoms with Gasteiger partial charge in [-0.25, -0.2) is 0 Å². The molecule has 0 aliphatic carbocycles. The van der Waals surface area contributed by atoms with Crippen molar-refractivity contribution in [3.05, 3.63) is 0 Å². The monoisotopic (exact) mass is 751 g/mol. The molecule has 0 aromatic heterocycles. The van der Waals surface area contributed by atoms with Gasteiger partial charge in [0.25, 0.3) is 0 Å². The SMILES string of the molecule is CCCCCCCCCCCCCCCCC(=O)O[C@H](COC(=O)CCCCCCC)COC(=O)CCCCCCCCCCCCCCCC(C)C. The number of hydrogen-bond acceptors (Lipinski definition) is 6. The number of unbranched alkanes of at least 4 members (excludes halogenated alkanes) is 29. The van der Waals surface area contributed by atoms with E-state index in [0.717, 1.165) is 70.1 Å². The molecule has 0 aliphatic rings. The van der Waals surface area contributed by atoms with Crippen molar-refractivity contribution in [1.29, 1.82) is 0 Å². The molecule has 0 fully saturated rings. The molecule has 0 aliphatic heterocycles. The molecule has 0 aromatic carbocycles. The molecule has 0 amide bonds. The average molecular weight is 751 g/mol. The Hall–Kier alpha value is -1.59. The Morgan fingerprint density at radius 1 is 0.358 bits per heavy atom. The zero-order valence-corrected chi connectivity index (χ0v) is 36.0. The van der Waals surface area contributed by atoms with E-state index in [4.69, 9.17) is 14.2 Å². The van der Waals surface area contributed by atoms with Gasteiger partial charge in [0, 0.05) is 19.3 Å². The second-order valence-electron chi connectivity index (χ2n) is 16.5. The Morgan fingerprint density at radius 2 is 0.623 bits per heavy atom. The maximum atomic E-state index is 12.7. The van der Waals surface area contributed by atoms with Gasteiger partial charge in [-0.3, -0.25) is 14.4 Å². The van der Waals surface area contributed by atoms with E-state index >= 15 is 0 Å². The normalized spacial score (nSPS) is 11.9. The first-order chi connectivity index (χ1) is 25.9. The fourth-order valence-corrected chi connectivity index (χ4v) is 6.98. The van der Waals surface area contributed by atoms with Crippen LogP contribution in [0.1, 0.15) is 259 Å². The molecule has 1 atom stereocenters. The van der Waals surface area contributed by atoms with Crippen molar-refractivity contribution in [2.45, 2.75) is 265 Å². The number of esters is 3. The second-order valence-corrected chi connectivity index (χ2v) is 16.5. The largest absolute Gasteiger partial charge is 0.462 e. The predicted molar refractivity (Wildman–Crippen MR) is 224 cm³/mol. The summed E-state index contributed by atoms with van der Waals surface area (Å²) in [5.41, 5.74) is 0. The molecule has 6 nitrogen and oxygen atoms in total. The van der Waals surface area contributed by atoms with E-state index < -0.39 is 6.10 Å². The van der Waals surface area contributed by atoms with E-state index in [1.165, 1.54) is 148 Å². The van der Waals surface area contributed by atoms with Crippen LogP contribution in [0.3, 0.4) is 0 Å². The molecule has 0 bridgehead atoms. The fourth-order valence-electron chi connectivity index (χ4n) is 6.98. The van der Waals surface area contributed by atoms with Gasteiger partial charge in [-0.05, 0) is 25.2 Å². The quantitative estimate of drug-likeness (QED) is 0.0351. The van der Waals surface area contributed by atoms with E-state index in [-0.39, 0.29) is 31.1 Å². The molecule has 0 saturated heterocycles. The second kappa shape index (κ2) is 41.6. The molecule has 0 rings (SSSR count). The molecule has 53 heavy (non-hydrogen) atoms. The standard InChI is InChI=1S/C47H90O6/c1-5-7-9-11-12-13-14-15-18-22-25-28-32-36-40-47(50)53-44(41-51-45(48)38-34-29-10-8-6-2)42-52-46(49)39-35-31-27-24-21-19-16-17-20-23-26-30-33-37-43(3)4/h43-44H,5-42H2,1-4H3/t44-/m1/s1. The van der Waals surface area contributed by atoms with Crippen molar-refractivity contribution in [2.24, 2.45) is 5.92 Å². The van der Waals surface area contributed by atoms with Crippen molar-refractivity contribution in [3.63, 3.8) is 0 Å². The molecule has 0 heterocycles. The fraction of sp³-hybridized carbons (Fsp3) is 0.936. The van der Waals surface area contributed by atoms with Crippen LogP contribution < -0.4 is 0 Å². The van der Waals surface area contributed by atoms with Crippen LogP contribution in [0, 0.1) is 5.92 Å². The number of carbonyl (C=O) groups excluding carboxylic acids is 3. The summed E-state index contributed by atoms with van der Waals surface area (Å²) < 4.78 is 16.6. The maximum absolute atomic E-state index is 12.7. The Balaban J connectivity index is 4.16. The van der Waals surface area contributed by atoms with E-state index in [0.29, 0.717) is 19.3 Å². The van der Waals surface area contributed by atoms with Crippen LogP contribution in [0.4, 0.5) is 0 Å². The van der Waals surface area contributed by atoms with Gasteiger partial charge in [-0.2, -0.15) is 0 Å². The lowest BCUT2D eigenvalue weighted by atomic mass is 10.0. The van der Waals surface area contributed by atoms with Gasteiger partial charge in [-0.1, -0.05) is 220 Å². The highest BCUT2D eigenvalue weighted by atomic mass is 16.6. The van der Waals surface area contributed by atoms with Gasteiger partial charge in [0.05, 0.1) is 0 Å². The van der Waals surface area contributed by atoms with Crippen molar-refractivity contribution in [1.82, 2.24) is 0 Å². The van der Waals surface area contributed by atoms with E-state index in [2.05, 4.69) is 27.7 Å². The summed E-state index contributed by atoms with van der Waals surface area (Å²) in [5.74, 6) is -0.0257. The Morgan fingerprint density at radius 3 is 0.925 bits per heavy atom. The molecular weight excluding hydrogens is 661 g/mol. The lowest BCUT2D eigenvalue weighted by Gasteiger charge is -2.18. The average Bonchev–Trinajstić information content (AvgIpc) is 3.14. The molecule has 0 aromatic rings. The molecule has 6 heteroatoms. The number of carbonyl (C=O) groups is 3. The molecule has 0 spiro atoms. The number of hydrogen-bond donors (Lipinski definition) is 0.